The largest absolute Gasteiger partial charge is 0.480 e. The van der Waals surface area contributed by atoms with Crippen LogP contribution in [-0.4, -0.2) is 233 Å². The van der Waals surface area contributed by atoms with E-state index in [4.69, 9.17) is 28.7 Å². The van der Waals surface area contributed by atoms with Gasteiger partial charge in [0.25, 0.3) is 0 Å². The van der Waals surface area contributed by atoms with Crippen LogP contribution in [-0.2, 0) is 72.0 Å². The van der Waals surface area contributed by atoms with E-state index in [1.165, 1.54) is 35.3 Å². The Kier molecular flexibility index (Phi) is 39.9. The van der Waals surface area contributed by atoms with Crippen LogP contribution < -0.4 is 81.8 Å². The Bertz CT molecular complexity index is 3320. The molecule has 1 saturated heterocycles. The third kappa shape index (κ3) is 32.0. The molecule has 0 unspecified atom stereocenters. The summed E-state index contributed by atoms with van der Waals surface area (Å²) in [6, 6.07) is 11.7. The van der Waals surface area contributed by atoms with Crippen molar-refractivity contribution in [2.75, 3.05) is 56.8 Å². The van der Waals surface area contributed by atoms with Crippen molar-refractivity contribution in [3.8, 4) is 0 Å². The van der Waals surface area contributed by atoms with Crippen LogP contribution in [0.5, 0.6) is 0 Å². The number of thioether (sulfide) groups is 2. The predicted octanol–water partition coefficient (Wildman–Crippen LogP) is -2.12. The smallest absolute Gasteiger partial charge is 0.326 e. The molecule has 105 heavy (non-hydrogen) atoms. The van der Waals surface area contributed by atoms with E-state index >= 15 is 0 Å². The monoisotopic (exact) mass is 1500 g/mol. The number of nitrogens with zero attached hydrogens (tertiary/aromatic N) is 3. The number of carbonyl (C=O) groups is 11. The van der Waals surface area contributed by atoms with Crippen LogP contribution in [0, 0.1) is 5.92 Å². The van der Waals surface area contributed by atoms with E-state index in [9.17, 15) is 68.1 Å². The van der Waals surface area contributed by atoms with E-state index in [2.05, 4.69) is 63.2 Å². The molecule has 0 radical (unpaired) electrons. The van der Waals surface area contributed by atoms with Gasteiger partial charge in [0.2, 0.25) is 59.1 Å². The number of benzene rings is 3. The van der Waals surface area contributed by atoms with Gasteiger partial charge in [-0.2, -0.15) is 23.5 Å². The van der Waals surface area contributed by atoms with Crippen LogP contribution in [0.25, 0.3) is 0 Å². The first kappa shape index (κ1) is 88.3. The first-order valence-corrected chi connectivity index (χ1v) is 38.1. The standard InChI is InChI=1S/C71H110N18O14S2/c1-7-49(69(102)103)81-63(96)54(38-45-22-13-9-14-23-45)85-60(93)50(29-34-104-5)79-40-47(37-44-20-11-8-12-21-44)80-66(99)57-28-19-33-89(57)68(101)53(30-35-105-6)84-67(100)58(43(4)91)88-65(98)56(41-90)87-64(97)55(39-46-24-15-10-16-25-46)86-62(95)52(27-18-32-78-71(75)76)83-61(94)51(26-17-31-77-70(73)74)82-59(92)48(72)36-42(2)3/h8-16,20-25,42-43,47-58,79,90-91H,7,17-19,26-41,72H2,1-6H3,(H,80,99)(H,81,96)(H,82,92)(H,83,94)(H,84,100)(H,85,93)(H,86,95)(H,87,97)(H,88,98)(H,102,103)(H4,73,74,77)(H4,75,76,78)/t43-,47+,48+,49+,50+,51+,52+,53+,54+,55+,56+,57+,58+/m1/s1. The Labute approximate surface area is 622 Å². The van der Waals surface area contributed by atoms with E-state index in [1.54, 1.807) is 73.8 Å². The van der Waals surface area contributed by atoms with Crippen molar-refractivity contribution in [3.63, 3.8) is 0 Å². The Morgan fingerprint density at radius 2 is 0.952 bits per heavy atom. The average molecular weight is 1500 g/mol. The minimum Gasteiger partial charge on any atom is -0.480 e. The van der Waals surface area contributed by atoms with E-state index in [0.717, 1.165) is 11.1 Å². The number of aliphatic hydroxyl groups excluding tert-OH is 2. The first-order chi connectivity index (χ1) is 50.1. The number of aliphatic hydroxyl groups is 2. The molecule has 1 aliphatic rings. The number of hydrogen-bond acceptors (Lipinski definition) is 19. The van der Waals surface area contributed by atoms with E-state index in [1.807, 2.05) is 50.4 Å². The zero-order chi connectivity index (χ0) is 77.5. The van der Waals surface area contributed by atoms with Crippen LogP contribution in [0.4, 0.5) is 0 Å². The fourth-order valence-electron chi connectivity index (χ4n) is 11.6. The highest BCUT2D eigenvalue weighted by molar-refractivity contribution is 7.98. The predicted molar refractivity (Wildman–Crippen MR) is 404 cm³/mol. The maximum absolute atomic E-state index is 14.8. The maximum atomic E-state index is 14.8. The molecule has 3 aromatic rings. The second-order valence-electron chi connectivity index (χ2n) is 26.2. The summed E-state index contributed by atoms with van der Waals surface area (Å²) >= 11 is 2.86. The second kappa shape index (κ2) is 47.4. The van der Waals surface area contributed by atoms with Crippen molar-refractivity contribution < 1.29 is 68.1 Å². The van der Waals surface area contributed by atoms with Gasteiger partial charge in [0.05, 0.1) is 24.8 Å². The lowest BCUT2D eigenvalue weighted by Crippen LogP contribution is -2.62. The molecule has 4 rings (SSSR count). The van der Waals surface area contributed by atoms with Gasteiger partial charge in [-0.25, -0.2) is 4.79 Å². The van der Waals surface area contributed by atoms with Crippen LogP contribution in [0.2, 0.25) is 0 Å². The Balaban J connectivity index is 1.56. The highest BCUT2D eigenvalue weighted by atomic mass is 32.2. The third-order valence-electron chi connectivity index (χ3n) is 17.2. The molecule has 32 nitrogen and oxygen atoms in total. The van der Waals surface area contributed by atoms with Gasteiger partial charge in [-0.3, -0.25) is 57.9 Å². The number of nitrogens with two attached hydrogens (primary N) is 5. The quantitative estimate of drug-likeness (QED) is 0.0163. The van der Waals surface area contributed by atoms with Gasteiger partial charge < -0.3 is 102 Å². The number of guanidine groups is 2. The van der Waals surface area contributed by atoms with Gasteiger partial charge >= 0.3 is 5.97 Å². The fraction of sp³-hybridized carbons (Fsp3) is 0.563. The van der Waals surface area contributed by atoms with Gasteiger partial charge in [-0.05, 0) is 124 Å². The average Bonchev–Trinajstić information content (AvgIpc) is 0.976. The minimum atomic E-state index is -1.82. The molecule has 0 spiro atoms. The van der Waals surface area contributed by atoms with E-state index in [0.29, 0.717) is 36.3 Å². The van der Waals surface area contributed by atoms with E-state index in [-0.39, 0.29) is 108 Å². The SMILES string of the molecule is CC[C@H](NC(=O)[C@H](Cc1ccccc1)NC(=O)[C@H](CCSC)NC[C@H](Cc1ccccc1)NC(=O)[C@@H]1CCCN1C(=O)[C@H](CCSC)NC(=O)[C@@H](NC(=O)[C@H](CO)NC(=O)[C@H](Cc1ccccc1)NC(=O)[C@H](CCCN=C(N)N)NC(=O)[C@H](CCCN=C(N)N)NC(=O)[C@@H](N)CC(C)C)[C@@H](C)O)C(=O)O. The molecule has 0 aromatic heterocycles. The third-order valence-corrected chi connectivity index (χ3v) is 18.5. The number of carboxylic acids is 1. The van der Waals surface area contributed by atoms with Crippen LogP contribution in [0.1, 0.15) is 109 Å². The lowest BCUT2D eigenvalue weighted by Gasteiger charge is -2.32. The zero-order valence-corrected chi connectivity index (χ0v) is 62.4. The molecule has 3 aromatic carbocycles. The Morgan fingerprint density at radius 3 is 1.40 bits per heavy atom. The van der Waals surface area contributed by atoms with Crippen molar-refractivity contribution >= 4 is 100 Å². The van der Waals surface area contributed by atoms with Crippen molar-refractivity contribution in [1.29, 1.82) is 0 Å². The van der Waals surface area contributed by atoms with Gasteiger partial charge in [0.1, 0.15) is 54.4 Å². The summed E-state index contributed by atoms with van der Waals surface area (Å²) < 4.78 is 0. The number of hydrogen-bond donors (Lipinski definition) is 18. The molecular weight excluding hydrogens is 1390 g/mol. The van der Waals surface area contributed by atoms with Gasteiger partial charge in [0.15, 0.2) is 11.9 Å². The summed E-state index contributed by atoms with van der Waals surface area (Å²) in [6.45, 7) is 5.79. The molecule has 10 amide bonds. The number of aliphatic imine (C=N–C) groups is 2. The molecule has 1 heterocycles. The maximum Gasteiger partial charge on any atom is 0.326 e. The van der Waals surface area contributed by atoms with Crippen LogP contribution in [0.15, 0.2) is 101 Å². The molecular formula is C71H110N18O14S2. The molecule has 0 saturated carbocycles. The topological polar surface area (TPSA) is 527 Å². The molecule has 34 heteroatoms. The molecule has 1 fully saturated rings. The number of likely N-dealkylation sites (tertiary alicyclic amines) is 1. The number of carbonyl (C=O) groups excluding carboxylic acids is 10. The summed E-state index contributed by atoms with van der Waals surface area (Å²) in [6.07, 6.45) is 3.83. The number of amides is 10. The molecule has 580 valence electrons. The lowest BCUT2D eigenvalue weighted by molar-refractivity contribution is -0.142. The first-order valence-electron chi connectivity index (χ1n) is 35.3. The van der Waals surface area contributed by atoms with E-state index < -0.39 is 150 Å². The molecule has 0 aliphatic carbocycles. The minimum absolute atomic E-state index is 0.0112. The summed E-state index contributed by atoms with van der Waals surface area (Å²) in [4.78, 5) is 164. The number of carboxylic acid groups (broad SMARTS) is 1. The summed E-state index contributed by atoms with van der Waals surface area (Å²) in [5.41, 5.74) is 30.4. The summed E-state index contributed by atoms with van der Waals surface area (Å²) in [5, 5.41) is 59.0. The number of aliphatic carboxylic acids is 1. The van der Waals surface area contributed by atoms with Crippen molar-refractivity contribution in [2.24, 2.45) is 44.6 Å². The van der Waals surface area contributed by atoms with Crippen molar-refractivity contribution in [1.82, 2.24) is 58.1 Å². The second-order valence-corrected chi connectivity index (χ2v) is 28.2. The highest BCUT2D eigenvalue weighted by Gasteiger charge is 2.41. The zero-order valence-electron chi connectivity index (χ0n) is 60.8. The number of rotatable bonds is 48. The molecule has 13 atom stereocenters. The summed E-state index contributed by atoms with van der Waals surface area (Å²) in [5.74, 6) is -8.57. The van der Waals surface area contributed by atoms with Crippen LogP contribution in [0.3, 0.4) is 0 Å². The number of nitrogens with one attached hydrogen (secondary N) is 10. The normalized spacial score (nSPS) is 16.1. The van der Waals surface area contributed by atoms with Crippen molar-refractivity contribution in [3.05, 3.63) is 108 Å². The van der Waals surface area contributed by atoms with Gasteiger partial charge in [0, 0.05) is 45.1 Å². The summed E-state index contributed by atoms with van der Waals surface area (Å²) in [7, 11) is 0. The highest BCUT2D eigenvalue weighted by Crippen LogP contribution is 2.22. The molecule has 23 N–H and O–H groups in total. The fourth-order valence-corrected chi connectivity index (χ4v) is 12.5. The van der Waals surface area contributed by atoms with Gasteiger partial charge in [-0.1, -0.05) is 112 Å². The Morgan fingerprint density at radius 1 is 0.533 bits per heavy atom. The van der Waals surface area contributed by atoms with Crippen molar-refractivity contribution in [2.45, 2.75) is 190 Å². The van der Waals surface area contributed by atoms with Crippen LogP contribution >= 0.6 is 23.5 Å². The lowest BCUT2D eigenvalue weighted by atomic mass is 10.0. The van der Waals surface area contributed by atoms with Gasteiger partial charge in [-0.15, -0.1) is 0 Å². The molecule has 1 aliphatic heterocycles. The Hall–Kier alpha value is -9.09. The molecule has 0 bridgehead atoms.